The molecule has 1 aromatic rings. The number of amides is 1. The Kier molecular flexibility index (Phi) is 18.3. The van der Waals surface area contributed by atoms with E-state index in [1.807, 2.05) is 30.3 Å². The van der Waals surface area contributed by atoms with E-state index in [2.05, 4.69) is 37.5 Å². The Bertz CT molecular complexity index is 507. The molecule has 9 heteroatoms. The van der Waals surface area contributed by atoms with Gasteiger partial charge in [0.15, 0.2) is 0 Å². The van der Waals surface area contributed by atoms with Gasteiger partial charge in [0.05, 0.1) is 5.03 Å². The average molecular weight is 432 g/mol. The molecule has 4 nitrogen and oxygen atoms in total. The van der Waals surface area contributed by atoms with Crippen LogP contribution < -0.4 is 11.1 Å². The van der Waals surface area contributed by atoms with Crippen molar-refractivity contribution in [3.05, 3.63) is 45.4 Å². The number of carbonyl (C=O) groups excluding carboxylic acids is 1. The van der Waals surface area contributed by atoms with Gasteiger partial charge in [-0.15, -0.1) is 0 Å². The van der Waals surface area contributed by atoms with Gasteiger partial charge in [0, 0.05) is 6.54 Å². The number of carbonyl (C=O) groups is 1. The van der Waals surface area contributed by atoms with Crippen LogP contribution in [0.1, 0.15) is 25.8 Å². The normalized spacial score (nSPS) is 8.58. The molecule has 1 aromatic carbocycles. The average Bonchev–Trinajstić information content (AvgIpc) is 2.51. The number of nitrogens with one attached hydrogen (secondary N) is 1. The number of hydrogen-bond donors (Lipinski definition) is 3. The molecule has 24 heavy (non-hydrogen) atoms. The fourth-order valence-corrected chi connectivity index (χ4v) is 1.30. The topological polar surface area (TPSA) is 64.4 Å². The maximum atomic E-state index is 9.09. The molecular weight excluding hydrogens is 411 g/mol. The van der Waals surface area contributed by atoms with Crippen LogP contribution in [0.4, 0.5) is 4.79 Å². The van der Waals surface area contributed by atoms with Gasteiger partial charge in [0.2, 0.25) is 0 Å². The molecule has 1 rings (SSSR count). The van der Waals surface area contributed by atoms with Gasteiger partial charge in [-0.1, -0.05) is 98.0 Å². The maximum absolute atomic E-state index is 9.09. The number of benzene rings is 1. The van der Waals surface area contributed by atoms with Gasteiger partial charge in [-0.25, -0.2) is 0 Å². The van der Waals surface area contributed by atoms with Gasteiger partial charge in [0.25, 0.3) is 10.4 Å². The first-order valence-corrected chi connectivity index (χ1v) is 8.86. The van der Waals surface area contributed by atoms with E-state index in [0.29, 0.717) is 6.54 Å². The van der Waals surface area contributed by atoms with Gasteiger partial charge in [-0.3, -0.25) is 4.79 Å². The molecule has 3 N–H and O–H groups in total. The van der Waals surface area contributed by atoms with Crippen LogP contribution in [-0.4, -0.2) is 17.0 Å². The van der Waals surface area contributed by atoms with E-state index < -0.39 is 5.24 Å². The van der Waals surface area contributed by atoms with E-state index in [9.17, 15) is 0 Å². The van der Waals surface area contributed by atoms with E-state index in [1.165, 1.54) is 6.42 Å². The van der Waals surface area contributed by atoms with Gasteiger partial charge in [-0.2, -0.15) is 0 Å². The van der Waals surface area contributed by atoms with Crippen molar-refractivity contribution in [3.63, 3.8) is 0 Å². The second kappa shape index (κ2) is 17.2. The van der Waals surface area contributed by atoms with Crippen molar-refractivity contribution in [1.29, 1.82) is 0 Å². The Balaban J connectivity index is 0. The third kappa shape index (κ3) is 19.4. The standard InChI is InChI=1S/C11H10Cl3NOS.C3H8.CH3NOS/c12-9(10(13)14)7-16-11(17)15-6-8-4-2-1-3-5-8;1-3-2;2-1(3)4/h1-5H,6-7H2,(H,15,17);3H2,1-2H3;(H3,2,3,4). The summed E-state index contributed by atoms with van der Waals surface area (Å²) in [5.41, 5.74) is 5.44. The lowest BCUT2D eigenvalue weighted by Gasteiger charge is -2.09. The Morgan fingerprint density at radius 1 is 1.25 bits per heavy atom. The summed E-state index contributed by atoms with van der Waals surface area (Å²) in [7, 11) is 0. The second-order valence-corrected chi connectivity index (χ2v) is 6.34. The monoisotopic (exact) mass is 430 g/mol. The van der Waals surface area contributed by atoms with Crippen molar-refractivity contribution in [2.75, 3.05) is 6.61 Å². The first-order valence-electron chi connectivity index (χ1n) is 6.87. The molecule has 0 aromatic heterocycles. The number of nitrogens with two attached hydrogens (primary N) is 1. The smallest absolute Gasteiger partial charge is 0.273 e. The minimum absolute atomic E-state index is 0.0162. The lowest BCUT2D eigenvalue weighted by molar-refractivity contribution is 0.267. The van der Waals surface area contributed by atoms with Crippen LogP contribution in [0.25, 0.3) is 0 Å². The van der Waals surface area contributed by atoms with Crippen molar-refractivity contribution in [1.82, 2.24) is 5.32 Å². The fraction of sp³-hybridized carbons (Fsp3) is 0.333. The number of primary amides is 1. The third-order valence-electron chi connectivity index (χ3n) is 1.81. The molecule has 0 spiro atoms. The molecule has 0 unspecified atom stereocenters. The summed E-state index contributed by atoms with van der Waals surface area (Å²) in [6, 6.07) is 9.82. The van der Waals surface area contributed by atoms with E-state index >= 15 is 0 Å². The van der Waals surface area contributed by atoms with E-state index in [-0.39, 0.29) is 21.3 Å². The molecule has 0 fully saturated rings. The van der Waals surface area contributed by atoms with Crippen molar-refractivity contribution in [2.24, 2.45) is 5.73 Å². The van der Waals surface area contributed by atoms with Gasteiger partial charge < -0.3 is 15.8 Å². The molecule has 0 bridgehead atoms. The Labute approximate surface area is 169 Å². The van der Waals surface area contributed by atoms with E-state index in [4.69, 9.17) is 56.6 Å². The number of thiocarbonyl (C=S) groups is 1. The summed E-state index contributed by atoms with van der Waals surface area (Å²) < 4.78 is 5.13. The molecule has 0 atom stereocenters. The van der Waals surface area contributed by atoms with Crippen molar-refractivity contribution >= 4 is 70.1 Å². The minimum atomic E-state index is -0.639. The zero-order valence-corrected chi connectivity index (χ0v) is 17.4. The molecular formula is C15H21Cl3N2O2S2. The molecule has 0 heterocycles. The van der Waals surface area contributed by atoms with Gasteiger partial charge >= 0.3 is 0 Å². The lowest BCUT2D eigenvalue weighted by atomic mass is 10.2. The summed E-state index contributed by atoms with van der Waals surface area (Å²) in [5.74, 6) is 0. The van der Waals surface area contributed by atoms with E-state index in [0.717, 1.165) is 5.56 Å². The molecule has 1 amide bonds. The van der Waals surface area contributed by atoms with Gasteiger partial charge in [0.1, 0.15) is 11.1 Å². The van der Waals surface area contributed by atoms with Crippen molar-refractivity contribution in [2.45, 2.75) is 26.8 Å². The van der Waals surface area contributed by atoms with Crippen LogP contribution in [-0.2, 0) is 11.3 Å². The highest BCUT2D eigenvalue weighted by Gasteiger charge is 2.02. The zero-order chi connectivity index (χ0) is 19.0. The van der Waals surface area contributed by atoms with Crippen LogP contribution in [0, 0.1) is 0 Å². The van der Waals surface area contributed by atoms with E-state index in [1.54, 1.807) is 0 Å². The zero-order valence-electron chi connectivity index (χ0n) is 13.4. The third-order valence-corrected chi connectivity index (χ3v) is 3.02. The lowest BCUT2D eigenvalue weighted by Crippen LogP contribution is -2.23. The largest absolute Gasteiger partial charge is 0.465 e. The summed E-state index contributed by atoms with van der Waals surface area (Å²) in [6.07, 6.45) is 1.25. The highest BCUT2D eigenvalue weighted by atomic mass is 35.5. The van der Waals surface area contributed by atoms with Crippen LogP contribution in [0.5, 0.6) is 0 Å². The molecule has 136 valence electrons. The SMILES string of the molecule is CCC.NC(=O)S.S=C(NCc1ccccc1)OCC(Cl)=C(Cl)Cl. The second-order valence-electron chi connectivity index (χ2n) is 4.13. The molecule has 0 saturated carbocycles. The maximum Gasteiger partial charge on any atom is 0.273 e. The number of hydrogen-bond acceptors (Lipinski definition) is 3. The summed E-state index contributed by atoms with van der Waals surface area (Å²) in [4.78, 5) is 9.09. The molecule has 0 aliphatic heterocycles. The molecule has 0 aliphatic rings. The quantitative estimate of drug-likeness (QED) is 0.442. The van der Waals surface area contributed by atoms with Gasteiger partial charge in [-0.05, 0) is 17.8 Å². The Morgan fingerprint density at radius 3 is 2.12 bits per heavy atom. The van der Waals surface area contributed by atoms with Crippen LogP contribution in [0.2, 0.25) is 0 Å². The number of thiol groups is 1. The van der Waals surface area contributed by atoms with Crippen LogP contribution in [0.3, 0.4) is 0 Å². The first-order chi connectivity index (χ1) is 11.2. The predicted octanol–water partition coefficient (Wildman–Crippen LogP) is 5.37. The highest BCUT2D eigenvalue weighted by molar-refractivity contribution is 7.96. The summed E-state index contributed by atoms with van der Waals surface area (Å²) in [6.45, 7) is 4.90. The minimum Gasteiger partial charge on any atom is -0.465 e. The predicted molar refractivity (Wildman–Crippen MR) is 111 cm³/mol. The molecule has 0 saturated heterocycles. The number of rotatable bonds is 4. The number of halogens is 3. The van der Waals surface area contributed by atoms with Crippen LogP contribution >= 0.6 is 59.6 Å². The Morgan fingerprint density at radius 2 is 1.71 bits per heavy atom. The molecule has 0 aliphatic carbocycles. The van der Waals surface area contributed by atoms with Crippen molar-refractivity contribution in [3.8, 4) is 0 Å². The van der Waals surface area contributed by atoms with Crippen molar-refractivity contribution < 1.29 is 9.53 Å². The summed E-state index contributed by atoms with van der Waals surface area (Å²) in [5, 5.41) is 2.77. The van der Waals surface area contributed by atoms with Crippen LogP contribution in [0.15, 0.2) is 39.9 Å². The fourth-order valence-electron chi connectivity index (χ4n) is 1.00. The molecule has 0 radical (unpaired) electrons. The highest BCUT2D eigenvalue weighted by Crippen LogP contribution is 2.17. The first kappa shape index (κ1) is 25.6. The summed E-state index contributed by atoms with van der Waals surface area (Å²) >= 11 is 24.7. The number of ether oxygens (including phenoxy) is 1. The Hall–Kier alpha value is -0.660.